The van der Waals surface area contributed by atoms with Gasteiger partial charge in [-0.25, -0.2) is 4.79 Å². The summed E-state index contributed by atoms with van der Waals surface area (Å²) in [5.41, 5.74) is 6.67. The van der Waals surface area contributed by atoms with Crippen molar-refractivity contribution in [2.45, 2.75) is 44.3 Å². The van der Waals surface area contributed by atoms with E-state index >= 15 is 0 Å². The minimum Gasteiger partial charge on any atom is -0.478 e. The van der Waals surface area contributed by atoms with Gasteiger partial charge in [0.2, 0.25) is 7.37 Å². The maximum Gasteiger partial charge on any atom is 0.332 e. The molecule has 1 aliphatic carbocycles. The number of rotatable bonds is 7. The molecule has 5 nitrogen and oxygen atoms in total. The third-order valence-electron chi connectivity index (χ3n) is 4.72. The number of halogens is 1. The van der Waals surface area contributed by atoms with Crippen molar-refractivity contribution in [1.82, 2.24) is 0 Å². The highest BCUT2D eigenvalue weighted by Gasteiger charge is 2.33. The Labute approximate surface area is 162 Å². The summed E-state index contributed by atoms with van der Waals surface area (Å²) in [5, 5.41) is 9.45. The molecule has 138 valence electrons. The Morgan fingerprint density at radius 2 is 1.96 bits per heavy atom. The maximum absolute atomic E-state index is 12.7. The molecule has 1 aromatic rings. The molecule has 0 saturated heterocycles. The number of aliphatic carboxylic acids is 1. The van der Waals surface area contributed by atoms with Crippen LogP contribution in [0.3, 0.4) is 0 Å². The van der Waals surface area contributed by atoms with Crippen molar-refractivity contribution < 1.29 is 19.4 Å². The Bertz CT molecular complexity index is 685. The van der Waals surface area contributed by atoms with Crippen LogP contribution in [0.25, 0.3) is 6.08 Å². The molecule has 0 aromatic heterocycles. The van der Waals surface area contributed by atoms with Crippen LogP contribution in [-0.4, -0.2) is 27.9 Å². The van der Waals surface area contributed by atoms with Crippen molar-refractivity contribution in [2.24, 2.45) is 11.7 Å². The van der Waals surface area contributed by atoms with E-state index in [-0.39, 0.29) is 5.57 Å². The summed E-state index contributed by atoms with van der Waals surface area (Å²) >= 11 is 2.11. The summed E-state index contributed by atoms with van der Waals surface area (Å²) in [6.07, 6.45) is 7.13. The van der Waals surface area contributed by atoms with Crippen molar-refractivity contribution >= 4 is 42.0 Å². The molecule has 4 N–H and O–H groups in total. The van der Waals surface area contributed by atoms with E-state index in [1.165, 1.54) is 12.5 Å². The van der Waals surface area contributed by atoms with Gasteiger partial charge in [0, 0.05) is 9.14 Å². The first-order valence-electron chi connectivity index (χ1n) is 8.55. The zero-order chi connectivity index (χ0) is 18.4. The van der Waals surface area contributed by atoms with Crippen LogP contribution >= 0.6 is 30.0 Å². The van der Waals surface area contributed by atoms with Crippen LogP contribution in [0.2, 0.25) is 0 Å². The zero-order valence-electron chi connectivity index (χ0n) is 14.1. The monoisotopic (exact) mass is 477 g/mol. The first-order chi connectivity index (χ1) is 11.8. The molecule has 0 heterocycles. The van der Waals surface area contributed by atoms with Gasteiger partial charge in [-0.05, 0) is 52.6 Å². The number of hydrogen-bond acceptors (Lipinski definition) is 3. The standard InChI is InChI=1S/C18H25INO4P/c19-16-9-5-4-8-14(16)11-15(18(21)22)12-25(23,24)17(20)10-13-6-2-1-3-7-13/h4-5,8-9,11,13,17H,1-3,6-7,10,12,20H2,(H,21,22)(H,23,24)/b15-11+. The van der Waals surface area contributed by atoms with Gasteiger partial charge in [0.15, 0.2) is 0 Å². The Hall–Kier alpha value is -0.690. The van der Waals surface area contributed by atoms with E-state index in [0.717, 1.165) is 34.8 Å². The molecule has 0 radical (unpaired) electrons. The Balaban J connectivity index is 2.12. The quantitative estimate of drug-likeness (QED) is 0.309. The van der Waals surface area contributed by atoms with E-state index < -0.39 is 25.3 Å². The molecule has 1 aromatic carbocycles. The number of nitrogens with two attached hydrogens (primary N) is 1. The van der Waals surface area contributed by atoms with Crippen LogP contribution in [0.5, 0.6) is 0 Å². The van der Waals surface area contributed by atoms with E-state index in [0.29, 0.717) is 12.3 Å². The van der Waals surface area contributed by atoms with E-state index in [2.05, 4.69) is 22.6 Å². The molecule has 1 aliphatic rings. The molecule has 0 spiro atoms. The first kappa shape index (κ1) is 20.6. The Morgan fingerprint density at radius 3 is 2.56 bits per heavy atom. The van der Waals surface area contributed by atoms with Crippen molar-refractivity contribution in [3.8, 4) is 0 Å². The van der Waals surface area contributed by atoms with Crippen LogP contribution < -0.4 is 5.73 Å². The zero-order valence-corrected chi connectivity index (χ0v) is 17.2. The second-order valence-electron chi connectivity index (χ2n) is 6.72. The highest BCUT2D eigenvalue weighted by molar-refractivity contribution is 14.1. The fraction of sp³-hybridized carbons (Fsp3) is 0.500. The highest BCUT2D eigenvalue weighted by Crippen LogP contribution is 2.49. The smallest absolute Gasteiger partial charge is 0.332 e. The third-order valence-corrected chi connectivity index (χ3v) is 7.75. The van der Waals surface area contributed by atoms with Crippen LogP contribution in [-0.2, 0) is 9.36 Å². The lowest BCUT2D eigenvalue weighted by Gasteiger charge is -2.27. The summed E-state index contributed by atoms with van der Waals surface area (Å²) in [6, 6.07) is 7.31. The second-order valence-corrected chi connectivity index (χ2v) is 10.4. The molecule has 2 atom stereocenters. The van der Waals surface area contributed by atoms with Crippen LogP contribution in [0.1, 0.15) is 44.1 Å². The average Bonchev–Trinajstić information content (AvgIpc) is 2.56. The number of benzene rings is 1. The van der Waals surface area contributed by atoms with Crippen molar-refractivity contribution in [1.29, 1.82) is 0 Å². The van der Waals surface area contributed by atoms with E-state index in [4.69, 9.17) is 5.73 Å². The lowest BCUT2D eigenvalue weighted by atomic mass is 9.87. The number of carboxylic acids is 1. The van der Waals surface area contributed by atoms with Crippen LogP contribution in [0.15, 0.2) is 29.8 Å². The summed E-state index contributed by atoms with van der Waals surface area (Å²) < 4.78 is 13.6. The van der Waals surface area contributed by atoms with Crippen LogP contribution in [0, 0.1) is 9.49 Å². The molecule has 0 aliphatic heterocycles. The first-order valence-corrected chi connectivity index (χ1v) is 11.5. The topological polar surface area (TPSA) is 101 Å². The minimum absolute atomic E-state index is 0.0750. The van der Waals surface area contributed by atoms with Crippen LogP contribution in [0.4, 0.5) is 0 Å². The van der Waals surface area contributed by atoms with Crippen molar-refractivity contribution in [3.05, 3.63) is 39.0 Å². The SMILES string of the molecule is NC(CC1CCCCC1)P(=O)(O)C/C(=C\c1ccccc1I)C(=O)O. The predicted molar refractivity (Wildman–Crippen MR) is 109 cm³/mol. The van der Waals surface area contributed by atoms with Gasteiger partial charge in [0.05, 0.1) is 11.9 Å². The highest BCUT2D eigenvalue weighted by atomic mass is 127. The maximum atomic E-state index is 12.7. The molecule has 0 amide bonds. The number of hydrogen-bond donors (Lipinski definition) is 3. The van der Waals surface area contributed by atoms with Crippen molar-refractivity contribution in [3.63, 3.8) is 0 Å². The Morgan fingerprint density at radius 1 is 1.32 bits per heavy atom. The Kier molecular flexibility index (Phi) is 7.68. The van der Waals surface area contributed by atoms with Gasteiger partial charge in [-0.15, -0.1) is 0 Å². The fourth-order valence-electron chi connectivity index (χ4n) is 3.25. The van der Waals surface area contributed by atoms with Gasteiger partial charge in [-0.3, -0.25) is 4.57 Å². The second kappa shape index (κ2) is 9.31. The minimum atomic E-state index is -3.79. The molecule has 1 saturated carbocycles. The van der Waals surface area contributed by atoms with Crippen molar-refractivity contribution in [2.75, 3.05) is 6.16 Å². The van der Waals surface area contributed by atoms with Gasteiger partial charge in [-0.1, -0.05) is 50.3 Å². The van der Waals surface area contributed by atoms with E-state index in [1.807, 2.05) is 12.1 Å². The molecule has 2 unspecified atom stereocenters. The molecule has 0 bridgehead atoms. The lowest BCUT2D eigenvalue weighted by molar-refractivity contribution is -0.132. The fourth-order valence-corrected chi connectivity index (χ4v) is 5.37. The van der Waals surface area contributed by atoms with Gasteiger partial charge < -0.3 is 15.7 Å². The molecule has 1 fully saturated rings. The summed E-state index contributed by atoms with van der Waals surface area (Å²) in [7, 11) is -3.79. The third kappa shape index (κ3) is 6.20. The number of carbonyl (C=O) groups is 1. The van der Waals surface area contributed by atoms with Gasteiger partial charge >= 0.3 is 5.97 Å². The molecular formula is C18H25INO4P. The van der Waals surface area contributed by atoms with Gasteiger partial charge in [-0.2, -0.15) is 0 Å². The molecule has 7 heteroatoms. The number of carboxylic acid groups (broad SMARTS) is 1. The predicted octanol–water partition coefficient (Wildman–Crippen LogP) is 4.28. The van der Waals surface area contributed by atoms with E-state index in [1.54, 1.807) is 12.1 Å². The summed E-state index contributed by atoms with van der Waals surface area (Å²) in [4.78, 5) is 22.0. The summed E-state index contributed by atoms with van der Waals surface area (Å²) in [6.45, 7) is 0. The lowest BCUT2D eigenvalue weighted by Crippen LogP contribution is -2.27. The summed E-state index contributed by atoms with van der Waals surface area (Å²) in [5.74, 6) is -1.68. The molecule has 2 rings (SSSR count). The average molecular weight is 477 g/mol. The van der Waals surface area contributed by atoms with E-state index in [9.17, 15) is 19.4 Å². The normalized spacial score (nSPS) is 20.0. The van der Waals surface area contributed by atoms with Gasteiger partial charge in [0.25, 0.3) is 0 Å². The molecular weight excluding hydrogens is 452 g/mol. The van der Waals surface area contributed by atoms with Gasteiger partial charge in [0.1, 0.15) is 0 Å². The largest absolute Gasteiger partial charge is 0.478 e. The molecule has 25 heavy (non-hydrogen) atoms.